The van der Waals surface area contributed by atoms with E-state index >= 15 is 0 Å². The van der Waals surface area contributed by atoms with Crippen molar-refractivity contribution in [3.63, 3.8) is 0 Å². The first-order chi connectivity index (χ1) is 12.1. The quantitative estimate of drug-likeness (QED) is 0.364. The molecule has 1 aromatic rings. The van der Waals surface area contributed by atoms with E-state index < -0.39 is 0 Å². The highest BCUT2D eigenvalue weighted by Crippen LogP contribution is 2.20. The van der Waals surface area contributed by atoms with Gasteiger partial charge in [-0.25, -0.2) is 0 Å². The maximum Gasteiger partial charge on any atom is 0.191 e. The average molecular weight is 351 g/mol. The first-order valence-corrected chi connectivity index (χ1v) is 8.95. The molecule has 1 aromatic carbocycles. The Balaban J connectivity index is 2.46. The monoisotopic (exact) mass is 350 g/mol. The van der Waals surface area contributed by atoms with Gasteiger partial charge in [-0.1, -0.05) is 12.1 Å². The molecule has 142 valence electrons. The van der Waals surface area contributed by atoms with Crippen molar-refractivity contribution in [1.29, 1.82) is 0 Å². The number of guanidine groups is 1. The number of benzene rings is 1. The van der Waals surface area contributed by atoms with E-state index in [1.54, 1.807) is 14.2 Å². The molecule has 0 radical (unpaired) electrons. The summed E-state index contributed by atoms with van der Waals surface area (Å²) in [7, 11) is 7.65. The fraction of sp³-hybridized carbons (Fsp3) is 0.632. The zero-order valence-corrected chi connectivity index (χ0v) is 16.3. The second-order valence-corrected chi connectivity index (χ2v) is 6.04. The van der Waals surface area contributed by atoms with Gasteiger partial charge < -0.3 is 25.0 Å². The number of ether oxygens (including phenoxy) is 2. The fourth-order valence-electron chi connectivity index (χ4n) is 2.52. The predicted octanol–water partition coefficient (Wildman–Crippen LogP) is 2.28. The van der Waals surface area contributed by atoms with Gasteiger partial charge >= 0.3 is 0 Å². The zero-order chi connectivity index (χ0) is 18.5. The Kier molecular flexibility index (Phi) is 10.7. The minimum absolute atomic E-state index is 0.252. The molecular formula is C19H34N4O2. The second-order valence-electron chi connectivity index (χ2n) is 6.04. The van der Waals surface area contributed by atoms with Crippen molar-refractivity contribution in [1.82, 2.24) is 15.5 Å². The molecule has 0 aliphatic carbocycles. The standard InChI is InChI=1S/C19H34N4O2/c1-6-25-14-8-7-13-21-19(20-2)22-15-18(23(3)4)16-9-11-17(24-5)12-10-16/h9-12,18H,6-8,13-15H2,1-5H3,(H2,20,21,22). The van der Waals surface area contributed by atoms with Crippen LogP contribution in [0.2, 0.25) is 0 Å². The van der Waals surface area contributed by atoms with E-state index in [1.165, 1.54) is 5.56 Å². The van der Waals surface area contributed by atoms with E-state index in [1.807, 2.05) is 19.1 Å². The Morgan fingerprint density at radius 2 is 1.88 bits per heavy atom. The lowest BCUT2D eigenvalue weighted by molar-refractivity contribution is 0.143. The Labute approximate surface area is 152 Å². The number of nitrogens with one attached hydrogen (secondary N) is 2. The molecule has 2 N–H and O–H groups in total. The van der Waals surface area contributed by atoms with Crippen LogP contribution in [-0.2, 0) is 4.74 Å². The number of unbranched alkanes of at least 4 members (excludes halogenated alkanes) is 1. The van der Waals surface area contributed by atoms with Crippen LogP contribution < -0.4 is 15.4 Å². The smallest absolute Gasteiger partial charge is 0.191 e. The van der Waals surface area contributed by atoms with Crippen molar-refractivity contribution in [3.8, 4) is 5.75 Å². The number of aliphatic imine (C=N–C) groups is 1. The van der Waals surface area contributed by atoms with E-state index in [2.05, 4.69) is 46.8 Å². The first kappa shape index (κ1) is 21.3. The van der Waals surface area contributed by atoms with Gasteiger partial charge in [-0.05, 0) is 51.6 Å². The molecule has 0 saturated carbocycles. The van der Waals surface area contributed by atoms with Gasteiger partial charge in [0.2, 0.25) is 0 Å². The third-order valence-corrected chi connectivity index (χ3v) is 4.02. The Morgan fingerprint density at radius 3 is 2.44 bits per heavy atom. The van der Waals surface area contributed by atoms with E-state index in [0.717, 1.165) is 50.9 Å². The van der Waals surface area contributed by atoms with Crippen LogP contribution in [0.3, 0.4) is 0 Å². The average Bonchev–Trinajstić information content (AvgIpc) is 2.63. The lowest BCUT2D eigenvalue weighted by Gasteiger charge is -2.26. The fourth-order valence-corrected chi connectivity index (χ4v) is 2.52. The van der Waals surface area contributed by atoms with Gasteiger partial charge in [0, 0.05) is 33.4 Å². The van der Waals surface area contributed by atoms with Gasteiger partial charge in [0.05, 0.1) is 13.2 Å². The van der Waals surface area contributed by atoms with E-state index in [4.69, 9.17) is 9.47 Å². The Morgan fingerprint density at radius 1 is 1.16 bits per heavy atom. The number of nitrogens with zero attached hydrogens (tertiary/aromatic N) is 2. The lowest BCUT2D eigenvalue weighted by atomic mass is 10.1. The molecule has 25 heavy (non-hydrogen) atoms. The molecule has 0 saturated heterocycles. The number of rotatable bonds is 11. The minimum Gasteiger partial charge on any atom is -0.497 e. The van der Waals surface area contributed by atoms with Gasteiger partial charge in [-0.3, -0.25) is 4.99 Å². The summed E-state index contributed by atoms with van der Waals surface area (Å²) >= 11 is 0. The molecule has 6 heteroatoms. The highest BCUT2D eigenvalue weighted by molar-refractivity contribution is 5.79. The van der Waals surface area contributed by atoms with Crippen LogP contribution in [0.5, 0.6) is 5.75 Å². The Bertz CT molecular complexity index is 489. The van der Waals surface area contributed by atoms with Gasteiger partial charge in [0.15, 0.2) is 5.96 Å². The molecule has 0 aliphatic heterocycles. The summed E-state index contributed by atoms with van der Waals surface area (Å²) in [5.41, 5.74) is 1.24. The van der Waals surface area contributed by atoms with Crippen molar-refractivity contribution in [2.45, 2.75) is 25.8 Å². The molecule has 0 aromatic heterocycles. The van der Waals surface area contributed by atoms with Gasteiger partial charge in [0.1, 0.15) is 5.75 Å². The predicted molar refractivity (Wildman–Crippen MR) is 105 cm³/mol. The second kappa shape index (κ2) is 12.6. The highest BCUT2D eigenvalue weighted by atomic mass is 16.5. The van der Waals surface area contributed by atoms with Crippen LogP contribution in [0, 0.1) is 0 Å². The number of methoxy groups -OCH3 is 1. The van der Waals surface area contributed by atoms with Crippen LogP contribution in [0.15, 0.2) is 29.3 Å². The molecule has 0 fully saturated rings. The van der Waals surface area contributed by atoms with Gasteiger partial charge in [0.25, 0.3) is 0 Å². The van der Waals surface area contributed by atoms with E-state index in [-0.39, 0.29) is 6.04 Å². The molecule has 6 nitrogen and oxygen atoms in total. The molecule has 0 aliphatic rings. The van der Waals surface area contributed by atoms with Gasteiger partial charge in [-0.15, -0.1) is 0 Å². The molecule has 1 rings (SSSR count). The summed E-state index contributed by atoms with van der Waals surface area (Å²) in [5.74, 6) is 1.70. The van der Waals surface area contributed by atoms with E-state index in [9.17, 15) is 0 Å². The maximum atomic E-state index is 5.35. The SMILES string of the molecule is CCOCCCCNC(=NC)NCC(c1ccc(OC)cc1)N(C)C. The minimum atomic E-state index is 0.252. The van der Waals surface area contributed by atoms with Crippen LogP contribution in [0.4, 0.5) is 0 Å². The van der Waals surface area contributed by atoms with E-state index in [0.29, 0.717) is 0 Å². The third-order valence-electron chi connectivity index (χ3n) is 4.02. The van der Waals surface area contributed by atoms with Crippen LogP contribution >= 0.6 is 0 Å². The largest absolute Gasteiger partial charge is 0.497 e. The van der Waals surface area contributed by atoms with Crippen molar-refractivity contribution >= 4 is 5.96 Å². The summed E-state index contributed by atoms with van der Waals surface area (Å²) in [6.07, 6.45) is 2.13. The van der Waals surface area contributed by atoms with Crippen molar-refractivity contribution in [2.75, 3.05) is 54.6 Å². The number of hydrogen-bond donors (Lipinski definition) is 2. The first-order valence-electron chi connectivity index (χ1n) is 8.95. The van der Waals surface area contributed by atoms with Gasteiger partial charge in [-0.2, -0.15) is 0 Å². The van der Waals surface area contributed by atoms with Crippen LogP contribution in [0.25, 0.3) is 0 Å². The van der Waals surface area contributed by atoms with Crippen molar-refractivity contribution in [3.05, 3.63) is 29.8 Å². The molecular weight excluding hydrogens is 316 g/mol. The number of likely N-dealkylation sites (N-methyl/N-ethyl adjacent to an activating group) is 1. The number of hydrogen-bond acceptors (Lipinski definition) is 4. The van der Waals surface area contributed by atoms with Crippen LogP contribution in [-0.4, -0.2) is 65.4 Å². The molecule has 0 amide bonds. The summed E-state index contributed by atoms with van der Waals surface area (Å²) in [6, 6.07) is 8.46. The molecule has 0 spiro atoms. The lowest BCUT2D eigenvalue weighted by Crippen LogP contribution is -2.42. The third kappa shape index (κ3) is 8.23. The van der Waals surface area contributed by atoms with Crippen molar-refractivity contribution in [2.24, 2.45) is 4.99 Å². The molecule has 1 unspecified atom stereocenters. The van der Waals surface area contributed by atoms with Crippen molar-refractivity contribution < 1.29 is 9.47 Å². The summed E-state index contributed by atoms with van der Waals surface area (Å²) < 4.78 is 10.6. The molecule has 1 atom stereocenters. The summed E-state index contributed by atoms with van der Waals surface area (Å²) in [6.45, 7) is 5.30. The summed E-state index contributed by atoms with van der Waals surface area (Å²) in [4.78, 5) is 6.50. The topological polar surface area (TPSA) is 58.1 Å². The normalized spacial score (nSPS) is 13.0. The van der Waals surface area contributed by atoms with Crippen LogP contribution in [0.1, 0.15) is 31.4 Å². The summed E-state index contributed by atoms with van der Waals surface area (Å²) in [5, 5.41) is 6.77. The molecule has 0 bridgehead atoms. The Hall–Kier alpha value is -1.79. The highest BCUT2D eigenvalue weighted by Gasteiger charge is 2.14. The maximum absolute atomic E-state index is 5.35. The molecule has 0 heterocycles. The zero-order valence-electron chi connectivity index (χ0n) is 16.3.